The molecule has 9 heteroatoms. The van der Waals surface area contributed by atoms with E-state index < -0.39 is 15.8 Å². The molecule has 1 fully saturated rings. The molecule has 0 spiro atoms. The van der Waals surface area contributed by atoms with Gasteiger partial charge >= 0.3 is 5.97 Å². The third-order valence-electron chi connectivity index (χ3n) is 5.53. The molecule has 1 N–H and O–H groups in total. The van der Waals surface area contributed by atoms with E-state index in [9.17, 15) is 18.0 Å². The van der Waals surface area contributed by atoms with Crippen LogP contribution >= 0.6 is 11.3 Å². The van der Waals surface area contributed by atoms with Gasteiger partial charge in [0, 0.05) is 10.4 Å². The van der Waals surface area contributed by atoms with Crippen molar-refractivity contribution in [3.63, 3.8) is 0 Å². The van der Waals surface area contributed by atoms with E-state index in [1.54, 1.807) is 31.2 Å². The molecule has 1 amide bonds. The first-order valence-electron chi connectivity index (χ1n) is 10.5. The Hall–Kier alpha value is -2.39. The van der Waals surface area contributed by atoms with E-state index >= 15 is 0 Å². The summed E-state index contributed by atoms with van der Waals surface area (Å²) >= 11 is 1.13. The highest BCUT2D eigenvalue weighted by atomic mass is 32.2. The molecular weight excluding hydrogens is 438 g/mol. The first-order valence-corrected chi connectivity index (χ1v) is 13.1. The summed E-state index contributed by atoms with van der Waals surface area (Å²) in [4.78, 5) is 26.0. The van der Waals surface area contributed by atoms with E-state index in [2.05, 4.69) is 5.32 Å². The number of benzene rings is 1. The van der Waals surface area contributed by atoms with Gasteiger partial charge in [-0.25, -0.2) is 13.2 Å². The number of carbonyl (C=O) groups excluding carboxylic acids is 2. The van der Waals surface area contributed by atoms with Crippen molar-refractivity contribution in [2.75, 3.05) is 17.7 Å². The molecule has 166 valence electrons. The summed E-state index contributed by atoms with van der Waals surface area (Å²) in [6.07, 6.45) is 4.95. The van der Waals surface area contributed by atoms with E-state index in [4.69, 9.17) is 9.47 Å². The van der Waals surface area contributed by atoms with Crippen molar-refractivity contribution in [2.24, 2.45) is 0 Å². The Kier molecular flexibility index (Phi) is 6.34. The molecule has 0 saturated heterocycles. The van der Waals surface area contributed by atoms with Gasteiger partial charge in [-0.2, -0.15) is 0 Å². The predicted molar refractivity (Wildman–Crippen MR) is 119 cm³/mol. The van der Waals surface area contributed by atoms with Gasteiger partial charge < -0.3 is 14.8 Å². The van der Waals surface area contributed by atoms with Gasteiger partial charge in [-0.15, -0.1) is 11.3 Å². The largest absolute Gasteiger partial charge is 0.490 e. The third kappa shape index (κ3) is 4.93. The second-order valence-electron chi connectivity index (χ2n) is 7.77. The zero-order valence-electron chi connectivity index (χ0n) is 17.3. The van der Waals surface area contributed by atoms with Crippen molar-refractivity contribution in [1.29, 1.82) is 0 Å². The highest BCUT2D eigenvalue weighted by molar-refractivity contribution is 7.90. The number of rotatable bonds is 6. The van der Waals surface area contributed by atoms with E-state index in [0.717, 1.165) is 29.9 Å². The number of nitrogens with one attached hydrogen (secondary N) is 1. The molecule has 1 aliphatic heterocycles. The van der Waals surface area contributed by atoms with Gasteiger partial charge in [0.05, 0.1) is 29.8 Å². The molecule has 0 atom stereocenters. The molecule has 1 aromatic carbocycles. The number of thiophene rings is 1. The van der Waals surface area contributed by atoms with E-state index in [-0.39, 0.29) is 42.1 Å². The Labute approximate surface area is 185 Å². The molecule has 2 aliphatic rings. The minimum Gasteiger partial charge on any atom is -0.490 e. The average Bonchev–Trinajstić information content (AvgIpc) is 3.35. The molecule has 0 unspecified atom stereocenters. The average molecular weight is 464 g/mol. The first kappa shape index (κ1) is 21.8. The van der Waals surface area contributed by atoms with E-state index in [1.807, 2.05) is 0 Å². The van der Waals surface area contributed by atoms with E-state index in [0.29, 0.717) is 21.0 Å². The minimum atomic E-state index is -3.20. The summed E-state index contributed by atoms with van der Waals surface area (Å²) < 4.78 is 35.1. The Morgan fingerprint density at radius 3 is 2.55 bits per heavy atom. The lowest BCUT2D eigenvalue weighted by Crippen LogP contribution is -2.20. The fraction of sp³-hybridized carbons (Fsp3) is 0.455. The van der Waals surface area contributed by atoms with Crippen molar-refractivity contribution >= 4 is 38.1 Å². The van der Waals surface area contributed by atoms with Gasteiger partial charge in [-0.05, 0) is 68.9 Å². The van der Waals surface area contributed by atoms with Crippen LogP contribution < -0.4 is 10.1 Å². The third-order valence-corrected chi connectivity index (χ3v) is 8.42. The van der Waals surface area contributed by atoms with Crippen LogP contribution in [-0.2, 0) is 26.7 Å². The Morgan fingerprint density at radius 2 is 1.87 bits per heavy atom. The number of esters is 1. The summed E-state index contributed by atoms with van der Waals surface area (Å²) in [5.74, 6) is -0.330. The number of hydrogen-bond acceptors (Lipinski definition) is 7. The molecule has 7 nitrogen and oxygen atoms in total. The summed E-state index contributed by atoms with van der Waals surface area (Å²) in [6.45, 7) is 1.90. The minimum absolute atomic E-state index is 0.0149. The quantitative estimate of drug-likeness (QED) is 0.651. The SMILES string of the molecule is CCOC(=O)c1c(NC(=O)c2ccc(OC3CCCC3)cc2)sc2c1CCS(=O)(=O)C2. The zero-order chi connectivity index (χ0) is 22.0. The molecule has 1 aromatic heterocycles. The van der Waals surface area contributed by atoms with Crippen LogP contribution in [0.25, 0.3) is 0 Å². The number of hydrogen-bond donors (Lipinski definition) is 1. The van der Waals surface area contributed by atoms with Crippen LogP contribution in [-0.4, -0.2) is 38.8 Å². The van der Waals surface area contributed by atoms with Gasteiger partial charge in [-0.1, -0.05) is 0 Å². The molecular formula is C22H25NO6S2. The molecule has 0 radical (unpaired) electrons. The maximum Gasteiger partial charge on any atom is 0.341 e. The van der Waals surface area contributed by atoms with Gasteiger partial charge in [-0.3, -0.25) is 4.79 Å². The first-order chi connectivity index (χ1) is 14.9. The Morgan fingerprint density at radius 1 is 1.16 bits per heavy atom. The Balaban J connectivity index is 1.54. The van der Waals surface area contributed by atoms with E-state index in [1.165, 1.54) is 12.8 Å². The maximum absolute atomic E-state index is 12.8. The number of sulfone groups is 1. The van der Waals surface area contributed by atoms with Crippen molar-refractivity contribution in [1.82, 2.24) is 0 Å². The Bertz CT molecular complexity index is 1080. The topological polar surface area (TPSA) is 98.8 Å². The van der Waals surface area contributed by atoms with Gasteiger partial charge in [0.2, 0.25) is 0 Å². The lowest BCUT2D eigenvalue weighted by molar-refractivity contribution is 0.0527. The second-order valence-corrected chi connectivity index (χ2v) is 11.1. The zero-order valence-corrected chi connectivity index (χ0v) is 18.9. The van der Waals surface area contributed by atoms with Gasteiger partial charge in [0.15, 0.2) is 9.84 Å². The highest BCUT2D eigenvalue weighted by Gasteiger charge is 2.32. The summed E-state index contributed by atoms with van der Waals surface area (Å²) in [6, 6.07) is 6.90. The molecule has 0 bridgehead atoms. The van der Waals surface area contributed by atoms with Crippen molar-refractivity contribution in [3.05, 3.63) is 45.8 Å². The standard InChI is InChI=1S/C22H25NO6S2/c1-2-28-22(25)19-17-11-12-31(26,27)13-18(17)30-21(19)23-20(24)14-7-9-16(10-8-14)29-15-5-3-4-6-15/h7-10,15H,2-6,11-13H2,1H3,(H,23,24). The van der Waals surface area contributed by atoms with Crippen LogP contribution in [0.2, 0.25) is 0 Å². The molecule has 4 rings (SSSR count). The number of ether oxygens (including phenoxy) is 2. The van der Waals surface area contributed by atoms with Crippen molar-refractivity contribution in [3.8, 4) is 5.75 Å². The molecule has 2 heterocycles. The fourth-order valence-electron chi connectivity index (χ4n) is 3.99. The lowest BCUT2D eigenvalue weighted by atomic mass is 10.1. The van der Waals surface area contributed by atoms with Crippen LogP contribution in [0.5, 0.6) is 5.75 Å². The monoisotopic (exact) mass is 463 g/mol. The highest BCUT2D eigenvalue weighted by Crippen LogP contribution is 2.38. The molecule has 1 saturated carbocycles. The van der Waals surface area contributed by atoms with Crippen LogP contribution in [0, 0.1) is 0 Å². The van der Waals surface area contributed by atoms with Crippen LogP contribution in [0.3, 0.4) is 0 Å². The van der Waals surface area contributed by atoms with Crippen LogP contribution in [0.4, 0.5) is 5.00 Å². The number of carbonyl (C=O) groups is 2. The molecule has 2 aromatic rings. The number of amides is 1. The smallest absolute Gasteiger partial charge is 0.341 e. The predicted octanol–water partition coefficient (Wildman–Crippen LogP) is 3.97. The second kappa shape index (κ2) is 9.00. The van der Waals surface area contributed by atoms with Crippen molar-refractivity contribution in [2.45, 2.75) is 50.9 Å². The van der Waals surface area contributed by atoms with Crippen LogP contribution in [0.15, 0.2) is 24.3 Å². The fourth-order valence-corrected chi connectivity index (χ4v) is 7.02. The number of fused-ring (bicyclic) bond motifs is 1. The van der Waals surface area contributed by atoms with Crippen molar-refractivity contribution < 1.29 is 27.5 Å². The molecule has 31 heavy (non-hydrogen) atoms. The number of anilines is 1. The summed E-state index contributed by atoms with van der Waals surface area (Å²) in [7, 11) is -3.20. The van der Waals surface area contributed by atoms with Gasteiger partial charge in [0.1, 0.15) is 10.8 Å². The normalized spacial score (nSPS) is 17.7. The molecule has 1 aliphatic carbocycles. The summed E-state index contributed by atoms with van der Waals surface area (Å²) in [5, 5.41) is 3.12. The summed E-state index contributed by atoms with van der Waals surface area (Å²) in [5.41, 5.74) is 1.35. The lowest BCUT2D eigenvalue weighted by Gasteiger charge is -2.14. The maximum atomic E-state index is 12.8. The van der Waals surface area contributed by atoms with Gasteiger partial charge in [0.25, 0.3) is 5.91 Å². The van der Waals surface area contributed by atoms with Crippen LogP contribution in [0.1, 0.15) is 63.8 Å².